The van der Waals surface area contributed by atoms with Gasteiger partial charge in [-0.3, -0.25) is 14.0 Å². The lowest BCUT2D eigenvalue weighted by Crippen LogP contribution is -2.37. The first-order valence-electron chi connectivity index (χ1n) is 13.1. The van der Waals surface area contributed by atoms with Crippen molar-refractivity contribution in [2.75, 3.05) is 26.2 Å². The third-order valence-corrected chi connectivity index (χ3v) is 8.42. The number of carbonyl (C=O) groups is 2. The Labute approximate surface area is 218 Å². The molecule has 2 N–H and O–H groups in total. The van der Waals surface area contributed by atoms with Crippen LogP contribution in [-0.2, 0) is 4.79 Å². The molecule has 7 nitrogen and oxygen atoms in total. The summed E-state index contributed by atoms with van der Waals surface area (Å²) in [5.41, 5.74) is 3.61. The smallest absolute Gasteiger partial charge is 0.251 e. The number of likely N-dealkylation sites (tertiary alicyclic amines) is 1. The number of thiazole rings is 1. The second-order valence-corrected chi connectivity index (χ2v) is 10.9. The molecule has 0 aliphatic carbocycles. The molecule has 0 bridgehead atoms. The Balaban J connectivity index is 1.13. The van der Waals surface area contributed by atoms with Crippen LogP contribution in [0.25, 0.3) is 26.4 Å². The lowest BCUT2D eigenvalue weighted by atomic mass is 10.0. The first-order valence-corrected chi connectivity index (χ1v) is 13.9. The Morgan fingerprint density at radius 1 is 1.19 bits per heavy atom. The van der Waals surface area contributed by atoms with Crippen molar-refractivity contribution in [3.8, 4) is 11.3 Å². The molecule has 6 rings (SSSR count). The minimum absolute atomic E-state index is 0.127. The van der Waals surface area contributed by atoms with Gasteiger partial charge in [-0.1, -0.05) is 17.4 Å². The third kappa shape index (κ3) is 4.85. The number of piperidine rings is 1. The van der Waals surface area contributed by atoms with Crippen LogP contribution in [0.4, 0.5) is 4.39 Å². The second kappa shape index (κ2) is 10.2. The highest BCUT2D eigenvalue weighted by molar-refractivity contribution is 7.23. The molecule has 2 aromatic carbocycles. The molecule has 4 aromatic rings. The summed E-state index contributed by atoms with van der Waals surface area (Å²) < 4.78 is 17.9. The Hall–Kier alpha value is -3.30. The van der Waals surface area contributed by atoms with Gasteiger partial charge in [0.2, 0.25) is 5.91 Å². The van der Waals surface area contributed by atoms with Gasteiger partial charge in [-0.15, -0.1) is 0 Å². The van der Waals surface area contributed by atoms with Crippen LogP contribution >= 0.6 is 11.3 Å². The molecule has 2 aromatic heterocycles. The van der Waals surface area contributed by atoms with E-state index in [-0.39, 0.29) is 23.7 Å². The number of carbonyl (C=O) groups excluding carboxylic acids is 2. The van der Waals surface area contributed by atoms with Crippen LogP contribution in [-0.4, -0.2) is 52.3 Å². The molecule has 1 unspecified atom stereocenters. The zero-order chi connectivity index (χ0) is 25.4. The zero-order valence-electron chi connectivity index (χ0n) is 20.6. The van der Waals surface area contributed by atoms with Gasteiger partial charge >= 0.3 is 0 Å². The van der Waals surface area contributed by atoms with E-state index in [1.807, 2.05) is 45.8 Å². The standard InChI is InChI=1S/C28H30FN5O2S/c29-21-15-18(22-5-3-11-30-22)7-9-20(21)23-17-34-24-10-8-19(16-25(24)37-28(34)32-23)27(36)31-12-4-14-33-13-2-1-6-26(33)35/h7-10,15-17,22,30H,1-6,11-14H2,(H,31,36). The maximum absolute atomic E-state index is 15.0. The highest BCUT2D eigenvalue weighted by Gasteiger charge is 2.20. The van der Waals surface area contributed by atoms with Crippen molar-refractivity contribution < 1.29 is 14.0 Å². The monoisotopic (exact) mass is 519 g/mol. The van der Waals surface area contributed by atoms with Crippen LogP contribution in [0.3, 0.4) is 0 Å². The Morgan fingerprint density at radius 3 is 2.92 bits per heavy atom. The number of hydrogen-bond donors (Lipinski definition) is 2. The summed E-state index contributed by atoms with van der Waals surface area (Å²) in [6, 6.07) is 11.3. The predicted molar refractivity (Wildman–Crippen MR) is 143 cm³/mol. The summed E-state index contributed by atoms with van der Waals surface area (Å²) in [5.74, 6) is -0.169. The lowest BCUT2D eigenvalue weighted by molar-refractivity contribution is -0.133. The normalized spacial score (nSPS) is 18.2. The molecule has 2 aliphatic heterocycles. The van der Waals surface area contributed by atoms with E-state index in [4.69, 9.17) is 0 Å². The average Bonchev–Trinajstić information content (AvgIpc) is 3.64. The van der Waals surface area contributed by atoms with Crippen molar-refractivity contribution in [3.63, 3.8) is 0 Å². The summed E-state index contributed by atoms with van der Waals surface area (Å²) >= 11 is 1.48. The molecule has 0 saturated carbocycles. The van der Waals surface area contributed by atoms with Crippen molar-refractivity contribution in [3.05, 3.63) is 59.5 Å². The maximum Gasteiger partial charge on any atom is 0.251 e. The fourth-order valence-corrected chi connectivity index (χ4v) is 6.42. The van der Waals surface area contributed by atoms with Gasteiger partial charge in [0.05, 0.1) is 15.9 Å². The number of benzene rings is 2. The van der Waals surface area contributed by atoms with Crippen LogP contribution in [0.5, 0.6) is 0 Å². The molecular formula is C28H30FN5O2S. The van der Waals surface area contributed by atoms with Gasteiger partial charge in [0.1, 0.15) is 5.82 Å². The number of rotatable bonds is 7. The van der Waals surface area contributed by atoms with E-state index >= 15 is 0 Å². The second-order valence-electron chi connectivity index (χ2n) is 9.90. The number of amides is 2. The van der Waals surface area contributed by atoms with E-state index in [9.17, 15) is 14.0 Å². The first-order chi connectivity index (χ1) is 18.1. The zero-order valence-corrected chi connectivity index (χ0v) is 21.5. The molecule has 2 fully saturated rings. The number of halogens is 1. The molecule has 192 valence electrons. The molecule has 0 radical (unpaired) electrons. The van der Waals surface area contributed by atoms with Gasteiger partial charge in [0.15, 0.2) is 4.96 Å². The first kappa shape index (κ1) is 24.1. The number of fused-ring (bicyclic) bond motifs is 3. The molecule has 4 heterocycles. The highest BCUT2D eigenvalue weighted by Crippen LogP contribution is 2.32. The van der Waals surface area contributed by atoms with Crippen molar-refractivity contribution in [2.24, 2.45) is 0 Å². The van der Waals surface area contributed by atoms with Crippen molar-refractivity contribution in [1.29, 1.82) is 0 Å². The fourth-order valence-electron chi connectivity index (χ4n) is 5.37. The fraction of sp³-hybridized carbons (Fsp3) is 0.393. The summed E-state index contributed by atoms with van der Waals surface area (Å²) in [6.45, 7) is 3.01. The number of imidazole rings is 1. The van der Waals surface area contributed by atoms with Crippen molar-refractivity contribution in [2.45, 2.75) is 44.6 Å². The highest BCUT2D eigenvalue weighted by atomic mass is 32.1. The molecule has 2 amide bonds. The summed E-state index contributed by atoms with van der Waals surface area (Å²) in [4.78, 5) is 32.0. The van der Waals surface area contributed by atoms with Gasteiger partial charge in [-0.25, -0.2) is 9.37 Å². The molecule has 0 spiro atoms. The maximum atomic E-state index is 15.0. The van der Waals surface area contributed by atoms with Gasteiger partial charge < -0.3 is 15.5 Å². The van der Waals surface area contributed by atoms with Crippen molar-refractivity contribution >= 4 is 38.3 Å². The van der Waals surface area contributed by atoms with E-state index in [1.165, 1.54) is 11.3 Å². The van der Waals surface area contributed by atoms with Gasteiger partial charge in [0.25, 0.3) is 5.91 Å². The molecule has 2 saturated heterocycles. The number of aromatic nitrogens is 2. The molecule has 1 atom stereocenters. The SMILES string of the molecule is O=C(NCCCN1CCCCC1=O)c1ccc2c(c1)sc1nc(-c3ccc(C4CCCN4)cc3F)cn12. The summed E-state index contributed by atoms with van der Waals surface area (Å²) in [7, 11) is 0. The van der Waals surface area contributed by atoms with E-state index in [0.29, 0.717) is 36.3 Å². The molecule has 37 heavy (non-hydrogen) atoms. The van der Waals surface area contributed by atoms with Crippen LogP contribution < -0.4 is 10.6 Å². The lowest BCUT2D eigenvalue weighted by Gasteiger charge is -2.26. The molecular weight excluding hydrogens is 489 g/mol. The quantitative estimate of drug-likeness (QED) is 0.340. The largest absolute Gasteiger partial charge is 0.352 e. The van der Waals surface area contributed by atoms with Crippen molar-refractivity contribution in [1.82, 2.24) is 24.9 Å². The van der Waals surface area contributed by atoms with E-state index in [0.717, 1.165) is 65.9 Å². The predicted octanol–water partition coefficient (Wildman–Crippen LogP) is 4.91. The minimum atomic E-state index is -0.259. The third-order valence-electron chi connectivity index (χ3n) is 7.40. The van der Waals surface area contributed by atoms with Crippen LogP contribution in [0.2, 0.25) is 0 Å². The molecule has 9 heteroatoms. The number of nitrogens with zero attached hydrogens (tertiary/aromatic N) is 3. The van der Waals surface area contributed by atoms with E-state index in [1.54, 1.807) is 6.07 Å². The molecule has 2 aliphatic rings. The average molecular weight is 520 g/mol. The topological polar surface area (TPSA) is 78.7 Å². The van der Waals surface area contributed by atoms with Crippen LogP contribution in [0.15, 0.2) is 42.6 Å². The number of nitrogens with one attached hydrogen (secondary N) is 2. The van der Waals surface area contributed by atoms with E-state index in [2.05, 4.69) is 15.6 Å². The van der Waals surface area contributed by atoms with Gasteiger partial charge in [0, 0.05) is 49.4 Å². The Kier molecular flexibility index (Phi) is 6.65. The van der Waals surface area contributed by atoms with E-state index < -0.39 is 0 Å². The van der Waals surface area contributed by atoms with Crippen LogP contribution in [0, 0.1) is 5.82 Å². The Bertz CT molecular complexity index is 1470. The van der Waals surface area contributed by atoms with Gasteiger partial charge in [-0.2, -0.15) is 0 Å². The van der Waals surface area contributed by atoms with Gasteiger partial charge in [-0.05, 0) is 74.5 Å². The summed E-state index contributed by atoms with van der Waals surface area (Å²) in [6.07, 6.45) is 7.42. The number of hydrogen-bond acceptors (Lipinski definition) is 5. The Morgan fingerprint density at radius 2 is 2.11 bits per heavy atom. The van der Waals surface area contributed by atoms with Crippen LogP contribution in [0.1, 0.15) is 60.5 Å². The summed E-state index contributed by atoms with van der Waals surface area (Å²) in [5, 5.41) is 6.38. The minimum Gasteiger partial charge on any atom is -0.352 e.